The number of nitro benzene ring substituents is 1. The van der Waals surface area contributed by atoms with Gasteiger partial charge in [-0.15, -0.1) is 0 Å². The molecule has 1 aromatic rings. The van der Waals surface area contributed by atoms with Gasteiger partial charge in [0.15, 0.2) is 0 Å². The van der Waals surface area contributed by atoms with E-state index in [9.17, 15) is 15.2 Å². The smallest absolute Gasteiger partial charge is 0.292 e. The van der Waals surface area contributed by atoms with Gasteiger partial charge in [-0.25, -0.2) is 0 Å². The number of hydrogen-bond acceptors (Lipinski definition) is 5. The number of benzene rings is 1. The Bertz CT molecular complexity index is 449. The fraction of sp³-hybridized carbons (Fsp3) is 0.571. The molecule has 0 aromatic heterocycles. The number of nitrogens with one attached hydrogen (secondary N) is 1. The van der Waals surface area contributed by atoms with Gasteiger partial charge in [-0.2, -0.15) is 0 Å². The minimum atomic E-state index is -0.376. The third-order valence-electron chi connectivity index (χ3n) is 3.01. The van der Waals surface area contributed by atoms with E-state index in [1.807, 2.05) is 20.0 Å². The fourth-order valence-electron chi connectivity index (χ4n) is 1.97. The van der Waals surface area contributed by atoms with Crippen LogP contribution < -0.4 is 5.32 Å². The molecule has 1 aromatic carbocycles. The summed E-state index contributed by atoms with van der Waals surface area (Å²) in [4.78, 5) is 12.6. The van der Waals surface area contributed by atoms with E-state index in [-0.39, 0.29) is 16.7 Å². The Hall–Kier alpha value is -1.66. The Morgan fingerprint density at radius 3 is 2.75 bits per heavy atom. The lowest BCUT2D eigenvalue weighted by Crippen LogP contribution is -2.22. The maximum Gasteiger partial charge on any atom is 0.292 e. The minimum Gasteiger partial charge on any atom is -0.393 e. The van der Waals surface area contributed by atoms with Crippen molar-refractivity contribution in [3.63, 3.8) is 0 Å². The van der Waals surface area contributed by atoms with Crippen molar-refractivity contribution in [3.8, 4) is 0 Å². The molecule has 0 bridgehead atoms. The van der Waals surface area contributed by atoms with Crippen LogP contribution in [0.5, 0.6) is 0 Å². The molecule has 2 N–H and O–H groups in total. The summed E-state index contributed by atoms with van der Waals surface area (Å²) in [7, 11) is 1.97. The first-order chi connectivity index (χ1) is 9.43. The number of nitro groups is 1. The monoisotopic (exact) mass is 281 g/mol. The first-order valence-electron chi connectivity index (χ1n) is 6.81. The van der Waals surface area contributed by atoms with Gasteiger partial charge in [0.05, 0.1) is 11.0 Å². The summed E-state index contributed by atoms with van der Waals surface area (Å²) in [6.07, 6.45) is 0.399. The van der Waals surface area contributed by atoms with Gasteiger partial charge in [0.25, 0.3) is 5.69 Å². The molecule has 6 nitrogen and oxygen atoms in total. The molecular formula is C14H23N3O3. The van der Waals surface area contributed by atoms with Crippen LogP contribution in [-0.4, -0.2) is 41.2 Å². The van der Waals surface area contributed by atoms with Gasteiger partial charge in [0.1, 0.15) is 5.69 Å². The Morgan fingerprint density at radius 1 is 1.50 bits per heavy atom. The second-order valence-electron chi connectivity index (χ2n) is 5.01. The highest BCUT2D eigenvalue weighted by atomic mass is 16.6. The van der Waals surface area contributed by atoms with Crippen molar-refractivity contribution >= 4 is 11.4 Å². The van der Waals surface area contributed by atoms with E-state index in [2.05, 4.69) is 10.2 Å². The molecule has 0 aliphatic rings. The third-order valence-corrected chi connectivity index (χ3v) is 3.01. The third kappa shape index (κ3) is 5.14. The molecule has 0 saturated heterocycles. The summed E-state index contributed by atoms with van der Waals surface area (Å²) < 4.78 is 0. The van der Waals surface area contributed by atoms with Crippen molar-refractivity contribution in [1.29, 1.82) is 0 Å². The van der Waals surface area contributed by atoms with E-state index in [1.54, 1.807) is 13.0 Å². The average molecular weight is 281 g/mol. The summed E-state index contributed by atoms with van der Waals surface area (Å²) in [5.74, 6) is 0. The SMILES string of the molecule is CCNc1cc(CN(C)CCC(C)O)ccc1[N+](=O)[O-]. The number of aliphatic hydroxyl groups is 1. The zero-order valence-corrected chi connectivity index (χ0v) is 12.3. The highest BCUT2D eigenvalue weighted by Crippen LogP contribution is 2.25. The zero-order valence-electron chi connectivity index (χ0n) is 12.3. The lowest BCUT2D eigenvalue weighted by atomic mass is 10.1. The minimum absolute atomic E-state index is 0.0993. The van der Waals surface area contributed by atoms with Gasteiger partial charge in [-0.1, -0.05) is 6.07 Å². The molecule has 0 spiro atoms. The lowest BCUT2D eigenvalue weighted by Gasteiger charge is -2.18. The highest BCUT2D eigenvalue weighted by molar-refractivity contribution is 5.62. The molecule has 0 radical (unpaired) electrons. The summed E-state index contributed by atoms with van der Waals surface area (Å²) in [6.45, 7) is 5.80. The molecule has 0 aliphatic carbocycles. The normalized spacial score (nSPS) is 12.4. The maximum atomic E-state index is 10.9. The quantitative estimate of drug-likeness (QED) is 0.564. The summed E-state index contributed by atoms with van der Waals surface area (Å²) in [6, 6.07) is 5.13. The van der Waals surface area contributed by atoms with E-state index >= 15 is 0 Å². The van der Waals surface area contributed by atoms with Crippen LogP contribution in [-0.2, 0) is 6.54 Å². The maximum absolute atomic E-state index is 10.9. The topological polar surface area (TPSA) is 78.6 Å². The first-order valence-corrected chi connectivity index (χ1v) is 6.81. The number of hydrogen-bond donors (Lipinski definition) is 2. The molecule has 0 fully saturated rings. The van der Waals surface area contributed by atoms with Crippen molar-refractivity contribution < 1.29 is 10.0 Å². The summed E-state index contributed by atoms with van der Waals surface area (Å²) in [5, 5.41) is 23.2. The van der Waals surface area contributed by atoms with Crippen LogP contribution in [0.3, 0.4) is 0 Å². The fourth-order valence-corrected chi connectivity index (χ4v) is 1.97. The van der Waals surface area contributed by atoms with Crippen LogP contribution in [0.2, 0.25) is 0 Å². The predicted octanol–water partition coefficient (Wildman–Crippen LogP) is 2.23. The first kappa shape index (κ1) is 16.4. The van der Waals surface area contributed by atoms with Gasteiger partial charge in [-0.05, 0) is 38.9 Å². The van der Waals surface area contributed by atoms with Crippen LogP contribution in [0.25, 0.3) is 0 Å². The van der Waals surface area contributed by atoms with Crippen LogP contribution in [0.4, 0.5) is 11.4 Å². The van der Waals surface area contributed by atoms with Gasteiger partial charge < -0.3 is 15.3 Å². The van der Waals surface area contributed by atoms with E-state index in [4.69, 9.17) is 0 Å². The molecule has 0 amide bonds. The molecule has 1 atom stereocenters. The Kier molecular flexibility index (Phi) is 6.41. The highest BCUT2D eigenvalue weighted by Gasteiger charge is 2.14. The number of anilines is 1. The molecule has 6 heteroatoms. The van der Waals surface area contributed by atoms with Crippen molar-refractivity contribution in [2.45, 2.75) is 32.9 Å². The molecule has 0 heterocycles. The molecule has 0 aliphatic heterocycles. The predicted molar refractivity (Wildman–Crippen MR) is 79.9 cm³/mol. The molecule has 20 heavy (non-hydrogen) atoms. The molecule has 112 valence electrons. The second-order valence-corrected chi connectivity index (χ2v) is 5.01. The standard InChI is InChI=1S/C14H23N3O3/c1-4-15-13-9-12(5-6-14(13)17(19)20)10-16(3)8-7-11(2)18/h5-6,9,11,15,18H,4,7-8,10H2,1-3H3. The van der Waals surface area contributed by atoms with Gasteiger partial charge >= 0.3 is 0 Å². The molecule has 1 rings (SSSR count). The van der Waals surface area contributed by atoms with Crippen LogP contribution in [0.1, 0.15) is 25.8 Å². The van der Waals surface area contributed by atoms with Crippen molar-refractivity contribution in [2.24, 2.45) is 0 Å². The van der Waals surface area contributed by atoms with Crippen LogP contribution in [0, 0.1) is 10.1 Å². The van der Waals surface area contributed by atoms with Crippen molar-refractivity contribution in [1.82, 2.24) is 4.90 Å². The Labute approximate surface area is 119 Å². The van der Waals surface area contributed by atoms with E-state index in [0.29, 0.717) is 25.2 Å². The van der Waals surface area contributed by atoms with E-state index in [0.717, 1.165) is 12.1 Å². The summed E-state index contributed by atoms with van der Waals surface area (Å²) in [5.41, 5.74) is 1.67. The van der Waals surface area contributed by atoms with E-state index in [1.165, 1.54) is 6.07 Å². The molecule has 0 saturated carbocycles. The Balaban J connectivity index is 2.76. The summed E-state index contributed by atoms with van der Waals surface area (Å²) >= 11 is 0. The molecular weight excluding hydrogens is 258 g/mol. The average Bonchev–Trinajstić information content (AvgIpc) is 2.36. The van der Waals surface area contributed by atoms with Crippen LogP contribution in [0.15, 0.2) is 18.2 Å². The number of rotatable bonds is 8. The Morgan fingerprint density at radius 2 is 2.20 bits per heavy atom. The lowest BCUT2D eigenvalue weighted by molar-refractivity contribution is -0.384. The van der Waals surface area contributed by atoms with Crippen molar-refractivity contribution in [2.75, 3.05) is 25.5 Å². The second kappa shape index (κ2) is 7.81. The van der Waals surface area contributed by atoms with Crippen LogP contribution >= 0.6 is 0 Å². The molecule has 1 unspecified atom stereocenters. The van der Waals surface area contributed by atoms with Crippen molar-refractivity contribution in [3.05, 3.63) is 33.9 Å². The van der Waals surface area contributed by atoms with Gasteiger partial charge in [0, 0.05) is 25.7 Å². The zero-order chi connectivity index (χ0) is 15.1. The van der Waals surface area contributed by atoms with Gasteiger partial charge in [-0.3, -0.25) is 10.1 Å². The number of aliphatic hydroxyl groups excluding tert-OH is 1. The largest absolute Gasteiger partial charge is 0.393 e. The van der Waals surface area contributed by atoms with Gasteiger partial charge in [0.2, 0.25) is 0 Å². The van der Waals surface area contributed by atoms with E-state index < -0.39 is 0 Å². The number of nitrogens with zero attached hydrogens (tertiary/aromatic N) is 2.